The monoisotopic (exact) mass is 234 g/mol. The lowest BCUT2D eigenvalue weighted by Gasteiger charge is -2.20. The maximum absolute atomic E-state index is 4.50. The van der Waals surface area contributed by atoms with Crippen molar-refractivity contribution < 1.29 is 0 Å². The first-order valence-corrected chi connectivity index (χ1v) is 6.43. The van der Waals surface area contributed by atoms with E-state index in [1.54, 1.807) is 0 Å². The third-order valence-electron chi connectivity index (χ3n) is 3.84. The number of imidazole rings is 1. The van der Waals surface area contributed by atoms with Gasteiger partial charge in [0, 0.05) is 18.0 Å². The summed E-state index contributed by atoms with van der Waals surface area (Å²) in [5, 5.41) is 0. The van der Waals surface area contributed by atoms with Crippen molar-refractivity contribution in [2.75, 3.05) is 0 Å². The number of hydrogen-bond donors (Lipinski definition) is 0. The van der Waals surface area contributed by atoms with Gasteiger partial charge in [-0.1, -0.05) is 42.5 Å². The summed E-state index contributed by atoms with van der Waals surface area (Å²) in [5.74, 6) is 1.10. The third-order valence-corrected chi connectivity index (χ3v) is 3.84. The Balaban J connectivity index is 1.94. The second-order valence-corrected chi connectivity index (χ2v) is 4.86. The van der Waals surface area contributed by atoms with Crippen LogP contribution >= 0.6 is 0 Å². The Morgan fingerprint density at radius 2 is 2.17 bits per heavy atom. The third kappa shape index (κ3) is 1.26. The molecule has 1 aliphatic heterocycles. The minimum Gasteiger partial charge on any atom is -0.320 e. The van der Waals surface area contributed by atoms with Crippen molar-refractivity contribution in [2.24, 2.45) is 0 Å². The molecule has 2 aromatic rings. The van der Waals surface area contributed by atoms with Crippen LogP contribution in [0.5, 0.6) is 0 Å². The van der Waals surface area contributed by atoms with E-state index in [9.17, 15) is 0 Å². The van der Waals surface area contributed by atoms with Crippen molar-refractivity contribution in [3.05, 3.63) is 66.0 Å². The molecule has 0 spiro atoms. The number of fused-ring (bicyclic) bond motifs is 3. The molecule has 0 radical (unpaired) electrons. The van der Waals surface area contributed by atoms with E-state index in [1.165, 1.54) is 16.7 Å². The zero-order valence-electron chi connectivity index (χ0n) is 10.1. The van der Waals surface area contributed by atoms with Crippen molar-refractivity contribution in [2.45, 2.75) is 18.9 Å². The fourth-order valence-corrected chi connectivity index (χ4v) is 3.05. The van der Waals surface area contributed by atoms with Gasteiger partial charge in [-0.05, 0) is 24.0 Å². The van der Waals surface area contributed by atoms with E-state index in [4.69, 9.17) is 0 Å². The Morgan fingerprint density at radius 1 is 1.22 bits per heavy atom. The van der Waals surface area contributed by atoms with E-state index in [2.05, 4.69) is 58.2 Å². The molecule has 2 heterocycles. The second-order valence-electron chi connectivity index (χ2n) is 4.86. The van der Waals surface area contributed by atoms with E-state index in [-0.39, 0.29) is 0 Å². The van der Waals surface area contributed by atoms with Gasteiger partial charge < -0.3 is 4.57 Å². The first-order valence-electron chi connectivity index (χ1n) is 6.43. The Hall–Kier alpha value is -2.09. The highest BCUT2D eigenvalue weighted by molar-refractivity contribution is 5.68. The Bertz CT molecular complexity index is 661. The van der Waals surface area contributed by atoms with Crippen molar-refractivity contribution in [1.29, 1.82) is 0 Å². The average Bonchev–Trinajstić information content (AvgIpc) is 2.99. The van der Waals surface area contributed by atoms with Crippen LogP contribution in [0.4, 0.5) is 0 Å². The molecule has 0 bridgehead atoms. The van der Waals surface area contributed by atoms with Gasteiger partial charge in [0.1, 0.15) is 5.82 Å². The standard InChI is InChI=1S/C16H14N2/c1-2-6-12(7-3-1)15-13-8-4-5-9-14(13)16-17-10-11-18(15)16/h1-2,4-6,8-11,15H,3,7H2. The summed E-state index contributed by atoms with van der Waals surface area (Å²) >= 11 is 0. The lowest BCUT2D eigenvalue weighted by atomic mass is 9.92. The van der Waals surface area contributed by atoms with Crippen LogP contribution in [0.2, 0.25) is 0 Å². The fourth-order valence-electron chi connectivity index (χ4n) is 3.05. The summed E-state index contributed by atoms with van der Waals surface area (Å²) in [4.78, 5) is 4.50. The predicted molar refractivity (Wildman–Crippen MR) is 72.3 cm³/mol. The molecular formula is C16H14N2. The van der Waals surface area contributed by atoms with Crippen molar-refractivity contribution >= 4 is 0 Å². The summed E-state index contributed by atoms with van der Waals surface area (Å²) in [6.45, 7) is 0. The van der Waals surface area contributed by atoms with E-state index in [0.29, 0.717) is 6.04 Å². The maximum atomic E-state index is 4.50. The normalized spacial score (nSPS) is 20.4. The molecule has 1 aliphatic carbocycles. The van der Waals surface area contributed by atoms with Crippen LogP contribution in [-0.2, 0) is 0 Å². The molecule has 0 amide bonds. The molecule has 88 valence electrons. The molecule has 2 heteroatoms. The zero-order chi connectivity index (χ0) is 11.9. The quantitative estimate of drug-likeness (QED) is 0.735. The predicted octanol–water partition coefficient (Wildman–Crippen LogP) is 3.73. The van der Waals surface area contributed by atoms with Gasteiger partial charge in [0.15, 0.2) is 0 Å². The zero-order valence-corrected chi connectivity index (χ0v) is 10.1. The smallest absolute Gasteiger partial charge is 0.141 e. The SMILES string of the molecule is C1=CCCC(C2c3ccccc3-c3nccn32)=C1. The highest BCUT2D eigenvalue weighted by Crippen LogP contribution is 2.43. The maximum Gasteiger partial charge on any atom is 0.141 e. The van der Waals surface area contributed by atoms with Crippen LogP contribution in [0.3, 0.4) is 0 Å². The Labute approximate surface area is 106 Å². The number of hydrogen-bond acceptors (Lipinski definition) is 1. The van der Waals surface area contributed by atoms with Crippen molar-refractivity contribution in [3.63, 3.8) is 0 Å². The summed E-state index contributed by atoms with van der Waals surface area (Å²) in [7, 11) is 0. The van der Waals surface area contributed by atoms with E-state index < -0.39 is 0 Å². The van der Waals surface area contributed by atoms with Gasteiger partial charge in [-0.15, -0.1) is 0 Å². The fraction of sp³-hybridized carbons (Fsp3) is 0.188. The van der Waals surface area contributed by atoms with Gasteiger partial charge in [-0.3, -0.25) is 0 Å². The van der Waals surface area contributed by atoms with Gasteiger partial charge in [0.05, 0.1) is 6.04 Å². The molecule has 0 N–H and O–H groups in total. The van der Waals surface area contributed by atoms with Crippen molar-refractivity contribution in [3.8, 4) is 11.4 Å². The summed E-state index contributed by atoms with van der Waals surface area (Å²) in [6, 6.07) is 8.97. The molecule has 1 unspecified atom stereocenters. The molecule has 1 atom stereocenters. The largest absolute Gasteiger partial charge is 0.320 e. The van der Waals surface area contributed by atoms with Crippen LogP contribution in [0.15, 0.2) is 60.5 Å². The van der Waals surface area contributed by atoms with Gasteiger partial charge >= 0.3 is 0 Å². The lowest BCUT2D eigenvalue weighted by molar-refractivity contribution is 0.665. The van der Waals surface area contributed by atoms with Gasteiger partial charge in [0.25, 0.3) is 0 Å². The Kier molecular flexibility index (Phi) is 2.04. The molecule has 2 nitrogen and oxygen atoms in total. The first-order chi connectivity index (χ1) is 8.95. The van der Waals surface area contributed by atoms with Crippen LogP contribution in [0.25, 0.3) is 11.4 Å². The Morgan fingerprint density at radius 3 is 3.06 bits per heavy atom. The van der Waals surface area contributed by atoms with Gasteiger partial charge in [0.2, 0.25) is 0 Å². The molecule has 0 saturated carbocycles. The molecule has 4 rings (SSSR count). The number of allylic oxidation sites excluding steroid dienone is 4. The van der Waals surface area contributed by atoms with Crippen LogP contribution < -0.4 is 0 Å². The molecule has 0 saturated heterocycles. The van der Waals surface area contributed by atoms with Crippen LogP contribution in [-0.4, -0.2) is 9.55 Å². The molecular weight excluding hydrogens is 220 g/mol. The number of rotatable bonds is 1. The average molecular weight is 234 g/mol. The molecule has 2 aliphatic rings. The summed E-state index contributed by atoms with van der Waals surface area (Å²) < 4.78 is 2.30. The molecule has 18 heavy (non-hydrogen) atoms. The van der Waals surface area contributed by atoms with Crippen LogP contribution in [0.1, 0.15) is 24.4 Å². The van der Waals surface area contributed by atoms with Gasteiger partial charge in [-0.25, -0.2) is 4.98 Å². The molecule has 0 fully saturated rings. The number of benzene rings is 1. The van der Waals surface area contributed by atoms with E-state index in [1.807, 2.05) is 6.20 Å². The first kappa shape index (κ1) is 9.89. The number of aromatic nitrogens is 2. The van der Waals surface area contributed by atoms with Crippen molar-refractivity contribution in [1.82, 2.24) is 9.55 Å². The van der Waals surface area contributed by atoms with Gasteiger partial charge in [-0.2, -0.15) is 0 Å². The number of nitrogens with zero attached hydrogens (tertiary/aromatic N) is 2. The molecule has 1 aromatic heterocycles. The van der Waals surface area contributed by atoms with Crippen LogP contribution in [0, 0.1) is 0 Å². The highest BCUT2D eigenvalue weighted by Gasteiger charge is 2.30. The minimum absolute atomic E-state index is 0.351. The summed E-state index contributed by atoms with van der Waals surface area (Å²) in [5.41, 5.74) is 4.16. The second kappa shape index (κ2) is 3.70. The molecule has 1 aromatic carbocycles. The topological polar surface area (TPSA) is 17.8 Å². The lowest BCUT2D eigenvalue weighted by Crippen LogP contribution is -2.09. The van der Waals surface area contributed by atoms with E-state index >= 15 is 0 Å². The minimum atomic E-state index is 0.351. The van der Waals surface area contributed by atoms with E-state index in [0.717, 1.165) is 18.7 Å². The summed E-state index contributed by atoms with van der Waals surface area (Å²) in [6.07, 6.45) is 13.0. The highest BCUT2D eigenvalue weighted by atomic mass is 15.1.